The smallest absolute Gasteiger partial charge is 0.306 e. The second-order valence-electron chi connectivity index (χ2n) is 9.12. The lowest BCUT2D eigenvalue weighted by molar-refractivity contribution is -0.161. The number of hydrogen-bond donors (Lipinski definition) is 1. The van der Waals surface area contributed by atoms with E-state index in [0.29, 0.717) is 12.8 Å². The number of carbonyl (C=O) groups excluding carboxylic acids is 2. The summed E-state index contributed by atoms with van der Waals surface area (Å²) in [6, 6.07) is 0. The van der Waals surface area contributed by atoms with Gasteiger partial charge in [-0.05, 0) is 38.5 Å². The molecule has 5 heteroatoms. The molecule has 0 aromatic heterocycles. The molecule has 0 aromatic rings. The lowest BCUT2D eigenvalue weighted by Gasteiger charge is -2.15. The average Bonchev–Trinajstić information content (AvgIpc) is 2.81. The number of aliphatic hydroxyl groups excluding tert-OH is 1. The number of rotatable bonds is 24. The van der Waals surface area contributed by atoms with Crippen molar-refractivity contribution in [3.8, 4) is 0 Å². The molecule has 0 heterocycles. The van der Waals surface area contributed by atoms with Crippen LogP contribution in [0.2, 0.25) is 0 Å². The first kappa shape index (κ1) is 31.6. The van der Waals surface area contributed by atoms with Crippen molar-refractivity contribution in [2.45, 2.75) is 142 Å². The molecule has 33 heavy (non-hydrogen) atoms. The fourth-order valence-corrected chi connectivity index (χ4v) is 3.66. The summed E-state index contributed by atoms with van der Waals surface area (Å²) in [4.78, 5) is 23.8. The zero-order chi connectivity index (χ0) is 24.4. The summed E-state index contributed by atoms with van der Waals surface area (Å²) >= 11 is 0. The first-order chi connectivity index (χ1) is 16.1. The van der Waals surface area contributed by atoms with Crippen molar-refractivity contribution >= 4 is 11.9 Å². The van der Waals surface area contributed by atoms with Crippen molar-refractivity contribution in [3.63, 3.8) is 0 Å². The van der Waals surface area contributed by atoms with Crippen molar-refractivity contribution in [1.29, 1.82) is 0 Å². The van der Waals surface area contributed by atoms with E-state index in [2.05, 4.69) is 26.0 Å². The fourth-order valence-electron chi connectivity index (χ4n) is 3.66. The number of carbonyl (C=O) groups is 2. The molecule has 1 unspecified atom stereocenters. The van der Waals surface area contributed by atoms with Gasteiger partial charge in [0.05, 0.1) is 6.61 Å². The van der Waals surface area contributed by atoms with Gasteiger partial charge in [-0.3, -0.25) is 9.59 Å². The Bertz CT molecular complexity index is 475. The minimum absolute atomic E-state index is 0.0659. The highest BCUT2D eigenvalue weighted by molar-refractivity contribution is 5.70. The molecule has 194 valence electrons. The Hall–Kier alpha value is -1.36. The van der Waals surface area contributed by atoms with Gasteiger partial charge in [0, 0.05) is 12.8 Å². The SMILES string of the molecule is CCCCC/C=C\CCCCCCCC(=O)OC(CO)COC(=O)CCCCCCCCC. The van der Waals surface area contributed by atoms with Gasteiger partial charge >= 0.3 is 11.9 Å². The minimum Gasteiger partial charge on any atom is -0.462 e. The van der Waals surface area contributed by atoms with E-state index < -0.39 is 6.10 Å². The van der Waals surface area contributed by atoms with Crippen molar-refractivity contribution in [2.75, 3.05) is 13.2 Å². The molecule has 0 bridgehead atoms. The summed E-state index contributed by atoms with van der Waals surface area (Å²) < 4.78 is 10.4. The van der Waals surface area contributed by atoms with Gasteiger partial charge in [-0.1, -0.05) is 96.6 Å². The number of allylic oxidation sites excluding steroid dienone is 2. The van der Waals surface area contributed by atoms with Crippen LogP contribution in [0.5, 0.6) is 0 Å². The maximum atomic E-state index is 12.0. The summed E-state index contributed by atoms with van der Waals surface area (Å²) in [6.07, 6.45) is 24.1. The third-order valence-electron chi connectivity index (χ3n) is 5.81. The molecule has 1 N–H and O–H groups in total. The van der Waals surface area contributed by atoms with Gasteiger partial charge in [-0.2, -0.15) is 0 Å². The third-order valence-corrected chi connectivity index (χ3v) is 5.81. The molecule has 0 amide bonds. The van der Waals surface area contributed by atoms with Crippen LogP contribution in [0.25, 0.3) is 0 Å². The van der Waals surface area contributed by atoms with Crippen LogP contribution in [0, 0.1) is 0 Å². The highest BCUT2D eigenvalue weighted by Crippen LogP contribution is 2.11. The first-order valence-electron chi connectivity index (χ1n) is 13.7. The van der Waals surface area contributed by atoms with Crippen LogP contribution in [-0.4, -0.2) is 36.4 Å². The van der Waals surface area contributed by atoms with E-state index in [4.69, 9.17) is 9.47 Å². The Kier molecular flexibility index (Phi) is 24.2. The number of unbranched alkanes of at least 4 members (excludes halogenated alkanes) is 14. The third kappa shape index (κ3) is 23.6. The van der Waals surface area contributed by atoms with Gasteiger partial charge in [0.2, 0.25) is 0 Å². The molecule has 0 radical (unpaired) electrons. The minimum atomic E-state index is -0.764. The van der Waals surface area contributed by atoms with Gasteiger partial charge < -0.3 is 14.6 Å². The number of esters is 2. The molecule has 0 aliphatic carbocycles. The maximum Gasteiger partial charge on any atom is 0.306 e. The normalized spacial score (nSPS) is 12.2. The second kappa shape index (κ2) is 25.3. The zero-order valence-electron chi connectivity index (χ0n) is 21.7. The van der Waals surface area contributed by atoms with Gasteiger partial charge in [0.15, 0.2) is 6.10 Å². The molecule has 0 rings (SSSR count). The van der Waals surface area contributed by atoms with Crippen LogP contribution in [0.15, 0.2) is 12.2 Å². The largest absolute Gasteiger partial charge is 0.462 e. The summed E-state index contributed by atoms with van der Waals surface area (Å²) in [6.45, 7) is 4.03. The van der Waals surface area contributed by atoms with Gasteiger partial charge in [-0.25, -0.2) is 0 Å². The van der Waals surface area contributed by atoms with Gasteiger partial charge in [-0.15, -0.1) is 0 Å². The van der Waals surface area contributed by atoms with Gasteiger partial charge in [0.1, 0.15) is 6.61 Å². The van der Waals surface area contributed by atoms with Crippen molar-refractivity contribution in [3.05, 3.63) is 12.2 Å². The Morgan fingerprint density at radius 1 is 0.667 bits per heavy atom. The zero-order valence-corrected chi connectivity index (χ0v) is 21.7. The quantitative estimate of drug-likeness (QED) is 0.0905. The Labute approximate surface area is 203 Å². The maximum absolute atomic E-state index is 12.0. The molecule has 0 aliphatic heterocycles. The molecule has 1 atom stereocenters. The summed E-state index contributed by atoms with van der Waals surface area (Å²) in [5.41, 5.74) is 0. The van der Waals surface area contributed by atoms with E-state index in [1.54, 1.807) is 0 Å². The van der Waals surface area contributed by atoms with Crippen molar-refractivity contribution in [1.82, 2.24) is 0 Å². The van der Waals surface area contributed by atoms with Crippen LogP contribution >= 0.6 is 0 Å². The molecule has 0 aliphatic rings. The molecule has 0 spiro atoms. The Balaban J connectivity index is 3.63. The first-order valence-corrected chi connectivity index (χ1v) is 13.7. The number of aliphatic hydroxyl groups is 1. The highest BCUT2D eigenvalue weighted by atomic mass is 16.6. The average molecular weight is 469 g/mol. The van der Waals surface area contributed by atoms with E-state index in [0.717, 1.165) is 44.9 Å². The predicted molar refractivity (Wildman–Crippen MR) is 136 cm³/mol. The highest BCUT2D eigenvalue weighted by Gasteiger charge is 2.16. The lowest BCUT2D eigenvalue weighted by Crippen LogP contribution is -2.28. The van der Waals surface area contributed by atoms with Crippen molar-refractivity contribution < 1.29 is 24.2 Å². The Morgan fingerprint density at radius 3 is 1.70 bits per heavy atom. The predicted octanol–water partition coefficient (Wildman–Crippen LogP) is 7.44. The summed E-state index contributed by atoms with van der Waals surface area (Å²) in [5, 5.41) is 9.40. The molecule has 0 saturated heterocycles. The van der Waals surface area contributed by atoms with E-state index in [1.165, 1.54) is 64.2 Å². The summed E-state index contributed by atoms with van der Waals surface area (Å²) in [5.74, 6) is -0.610. The monoisotopic (exact) mass is 468 g/mol. The van der Waals surface area contributed by atoms with E-state index in [1.807, 2.05) is 0 Å². The van der Waals surface area contributed by atoms with Crippen LogP contribution in [-0.2, 0) is 19.1 Å². The van der Waals surface area contributed by atoms with Crippen LogP contribution < -0.4 is 0 Å². The molecule has 5 nitrogen and oxygen atoms in total. The van der Waals surface area contributed by atoms with Crippen LogP contribution in [0.4, 0.5) is 0 Å². The van der Waals surface area contributed by atoms with Crippen LogP contribution in [0.3, 0.4) is 0 Å². The number of hydrogen-bond acceptors (Lipinski definition) is 5. The topological polar surface area (TPSA) is 72.8 Å². The fraction of sp³-hybridized carbons (Fsp3) is 0.857. The molecular formula is C28H52O5. The summed E-state index contributed by atoms with van der Waals surface area (Å²) in [7, 11) is 0. The van der Waals surface area contributed by atoms with E-state index in [9.17, 15) is 14.7 Å². The molecule has 0 saturated carbocycles. The van der Waals surface area contributed by atoms with Gasteiger partial charge in [0.25, 0.3) is 0 Å². The molecular weight excluding hydrogens is 416 g/mol. The second-order valence-corrected chi connectivity index (χ2v) is 9.12. The molecule has 0 fully saturated rings. The Morgan fingerprint density at radius 2 is 1.12 bits per heavy atom. The van der Waals surface area contributed by atoms with E-state index >= 15 is 0 Å². The lowest BCUT2D eigenvalue weighted by atomic mass is 10.1. The van der Waals surface area contributed by atoms with Crippen molar-refractivity contribution in [2.24, 2.45) is 0 Å². The standard InChI is InChI=1S/C28H52O5/c1-3-5-7-9-11-12-13-14-15-17-19-21-23-28(31)33-26(24-29)25-32-27(30)22-20-18-16-10-8-6-4-2/h11-12,26,29H,3-10,13-25H2,1-2H3/b12-11-. The molecule has 0 aromatic carbocycles. The number of ether oxygens (including phenoxy) is 2. The van der Waals surface area contributed by atoms with Crippen LogP contribution in [0.1, 0.15) is 136 Å². The van der Waals surface area contributed by atoms with E-state index in [-0.39, 0.29) is 25.2 Å².